The molecule has 3 nitrogen and oxygen atoms in total. The summed E-state index contributed by atoms with van der Waals surface area (Å²) in [5.41, 5.74) is 0.419. The van der Waals surface area contributed by atoms with Crippen molar-refractivity contribution in [3.8, 4) is 0 Å². The SMILES string of the molecule is C=C(C)C(=O)OC(CCC)OCCCCCCC. The van der Waals surface area contributed by atoms with E-state index in [2.05, 4.69) is 13.5 Å². The van der Waals surface area contributed by atoms with E-state index in [1.807, 2.05) is 6.92 Å². The second-order valence-electron chi connectivity index (χ2n) is 4.69. The molecule has 0 aliphatic rings. The topological polar surface area (TPSA) is 35.5 Å². The Morgan fingerprint density at radius 2 is 1.78 bits per heavy atom. The van der Waals surface area contributed by atoms with E-state index in [9.17, 15) is 4.79 Å². The predicted octanol–water partition coefficient (Wildman–Crippen LogP) is 4.22. The van der Waals surface area contributed by atoms with Crippen molar-refractivity contribution in [3.63, 3.8) is 0 Å². The van der Waals surface area contributed by atoms with Gasteiger partial charge in [0.1, 0.15) is 0 Å². The van der Waals surface area contributed by atoms with Crippen molar-refractivity contribution >= 4 is 5.97 Å². The number of carbonyl (C=O) groups excluding carboxylic acids is 1. The Bertz CT molecular complexity index is 236. The molecule has 0 saturated heterocycles. The van der Waals surface area contributed by atoms with Crippen molar-refractivity contribution < 1.29 is 14.3 Å². The molecule has 0 aliphatic heterocycles. The summed E-state index contributed by atoms with van der Waals surface area (Å²) in [6.07, 6.45) is 7.26. The molecule has 0 aromatic carbocycles. The molecule has 0 fully saturated rings. The van der Waals surface area contributed by atoms with Gasteiger partial charge in [-0.15, -0.1) is 0 Å². The maximum Gasteiger partial charge on any atom is 0.335 e. The second kappa shape index (κ2) is 11.3. The highest BCUT2D eigenvalue weighted by Crippen LogP contribution is 2.09. The van der Waals surface area contributed by atoms with Crippen LogP contribution in [0.1, 0.15) is 65.7 Å². The van der Waals surface area contributed by atoms with Gasteiger partial charge in [0, 0.05) is 12.0 Å². The largest absolute Gasteiger partial charge is 0.432 e. The van der Waals surface area contributed by atoms with E-state index in [4.69, 9.17) is 9.47 Å². The molecule has 0 saturated carbocycles. The number of hydrogen-bond donors (Lipinski definition) is 0. The standard InChI is InChI=1S/C15H28O3/c1-5-7-8-9-10-12-17-14(11-6-2)18-15(16)13(3)4/h14H,3,5-12H2,1-2,4H3. The number of hydrogen-bond acceptors (Lipinski definition) is 3. The van der Waals surface area contributed by atoms with E-state index in [1.54, 1.807) is 6.92 Å². The number of carbonyl (C=O) groups is 1. The first-order valence-corrected chi connectivity index (χ1v) is 7.09. The zero-order valence-electron chi connectivity index (χ0n) is 12.2. The molecule has 1 atom stereocenters. The quantitative estimate of drug-likeness (QED) is 0.240. The molecule has 1 unspecified atom stereocenters. The Balaban J connectivity index is 3.76. The Labute approximate surface area is 112 Å². The van der Waals surface area contributed by atoms with E-state index in [1.165, 1.54) is 25.7 Å². The Morgan fingerprint density at radius 3 is 2.33 bits per heavy atom. The van der Waals surface area contributed by atoms with Gasteiger partial charge in [0.15, 0.2) is 0 Å². The van der Waals surface area contributed by atoms with Crippen molar-refractivity contribution in [1.29, 1.82) is 0 Å². The number of ether oxygens (including phenoxy) is 2. The van der Waals surface area contributed by atoms with Gasteiger partial charge in [0.05, 0.1) is 6.61 Å². The highest BCUT2D eigenvalue weighted by molar-refractivity contribution is 5.86. The van der Waals surface area contributed by atoms with Crippen molar-refractivity contribution in [2.24, 2.45) is 0 Å². The Morgan fingerprint density at radius 1 is 1.11 bits per heavy atom. The van der Waals surface area contributed by atoms with Crippen LogP contribution in [0.3, 0.4) is 0 Å². The van der Waals surface area contributed by atoms with Gasteiger partial charge in [-0.3, -0.25) is 0 Å². The van der Waals surface area contributed by atoms with E-state index in [-0.39, 0.29) is 5.97 Å². The van der Waals surface area contributed by atoms with Gasteiger partial charge in [0.25, 0.3) is 0 Å². The van der Waals surface area contributed by atoms with Crippen LogP contribution in [0.15, 0.2) is 12.2 Å². The molecule has 0 rings (SSSR count). The lowest BCUT2D eigenvalue weighted by molar-refractivity contribution is -0.175. The minimum atomic E-state index is -0.412. The van der Waals surface area contributed by atoms with Gasteiger partial charge in [-0.1, -0.05) is 52.5 Å². The summed E-state index contributed by atoms with van der Waals surface area (Å²) in [6, 6.07) is 0. The lowest BCUT2D eigenvalue weighted by Crippen LogP contribution is -2.22. The summed E-state index contributed by atoms with van der Waals surface area (Å²) < 4.78 is 10.8. The fourth-order valence-corrected chi connectivity index (χ4v) is 1.55. The molecule has 0 radical (unpaired) electrons. The van der Waals surface area contributed by atoms with E-state index < -0.39 is 6.29 Å². The minimum absolute atomic E-state index is 0.362. The van der Waals surface area contributed by atoms with Crippen LogP contribution in [0.5, 0.6) is 0 Å². The van der Waals surface area contributed by atoms with Gasteiger partial charge in [0.2, 0.25) is 6.29 Å². The lowest BCUT2D eigenvalue weighted by Gasteiger charge is -2.17. The van der Waals surface area contributed by atoms with E-state index in [0.717, 1.165) is 19.3 Å². The number of rotatable bonds is 11. The molecule has 0 aliphatic carbocycles. The third kappa shape index (κ3) is 9.23. The summed E-state index contributed by atoms with van der Waals surface area (Å²) in [7, 11) is 0. The summed E-state index contributed by atoms with van der Waals surface area (Å²) in [5, 5.41) is 0. The summed E-state index contributed by atoms with van der Waals surface area (Å²) >= 11 is 0. The third-order valence-corrected chi connectivity index (χ3v) is 2.66. The van der Waals surface area contributed by atoms with Crippen molar-refractivity contribution in [2.75, 3.05) is 6.61 Å². The van der Waals surface area contributed by atoms with E-state index in [0.29, 0.717) is 12.2 Å². The average molecular weight is 256 g/mol. The molecule has 0 heterocycles. The summed E-state index contributed by atoms with van der Waals surface area (Å²) in [5.74, 6) is -0.362. The smallest absolute Gasteiger partial charge is 0.335 e. The van der Waals surface area contributed by atoms with Crippen LogP contribution >= 0.6 is 0 Å². The Kier molecular flexibility index (Phi) is 10.8. The van der Waals surface area contributed by atoms with E-state index >= 15 is 0 Å². The first kappa shape index (κ1) is 17.2. The van der Waals surface area contributed by atoms with Crippen LogP contribution in [0.4, 0.5) is 0 Å². The van der Waals surface area contributed by atoms with Gasteiger partial charge in [-0.05, 0) is 13.3 Å². The zero-order chi connectivity index (χ0) is 13.8. The Hall–Kier alpha value is -0.830. The van der Waals surface area contributed by atoms with Crippen molar-refractivity contribution in [2.45, 2.75) is 72.0 Å². The molecule has 0 amide bonds. The monoisotopic (exact) mass is 256 g/mol. The highest BCUT2D eigenvalue weighted by atomic mass is 16.7. The number of esters is 1. The maximum absolute atomic E-state index is 11.4. The van der Waals surface area contributed by atoms with Crippen LogP contribution in [0, 0.1) is 0 Å². The van der Waals surface area contributed by atoms with Gasteiger partial charge in [-0.2, -0.15) is 0 Å². The molecule has 0 bridgehead atoms. The summed E-state index contributed by atoms with van der Waals surface area (Å²) in [4.78, 5) is 11.4. The molecular formula is C15H28O3. The molecule has 18 heavy (non-hydrogen) atoms. The van der Waals surface area contributed by atoms with Crippen LogP contribution in [0.2, 0.25) is 0 Å². The second-order valence-corrected chi connectivity index (χ2v) is 4.69. The average Bonchev–Trinajstić information content (AvgIpc) is 2.33. The fourth-order valence-electron chi connectivity index (χ4n) is 1.55. The number of unbranched alkanes of at least 4 members (excludes halogenated alkanes) is 4. The molecule has 3 heteroatoms. The lowest BCUT2D eigenvalue weighted by atomic mass is 10.2. The minimum Gasteiger partial charge on any atom is -0.432 e. The molecular weight excluding hydrogens is 228 g/mol. The van der Waals surface area contributed by atoms with Crippen LogP contribution in [-0.4, -0.2) is 18.9 Å². The van der Waals surface area contributed by atoms with Crippen LogP contribution < -0.4 is 0 Å². The fraction of sp³-hybridized carbons (Fsp3) is 0.800. The van der Waals surface area contributed by atoms with Gasteiger partial charge >= 0.3 is 5.97 Å². The first-order chi connectivity index (χ1) is 8.61. The van der Waals surface area contributed by atoms with Crippen LogP contribution in [-0.2, 0) is 14.3 Å². The third-order valence-electron chi connectivity index (χ3n) is 2.66. The highest BCUT2D eigenvalue weighted by Gasteiger charge is 2.14. The molecule has 0 spiro atoms. The zero-order valence-corrected chi connectivity index (χ0v) is 12.2. The first-order valence-electron chi connectivity index (χ1n) is 7.09. The molecule has 0 N–H and O–H groups in total. The van der Waals surface area contributed by atoms with Gasteiger partial charge in [-0.25, -0.2) is 4.79 Å². The molecule has 106 valence electrons. The maximum atomic E-state index is 11.4. The van der Waals surface area contributed by atoms with Crippen molar-refractivity contribution in [3.05, 3.63) is 12.2 Å². The predicted molar refractivity (Wildman–Crippen MR) is 74.3 cm³/mol. The normalized spacial score (nSPS) is 12.2. The molecule has 0 aromatic rings. The van der Waals surface area contributed by atoms with Crippen molar-refractivity contribution in [1.82, 2.24) is 0 Å². The molecule has 0 aromatic heterocycles. The summed E-state index contributed by atoms with van der Waals surface area (Å²) in [6.45, 7) is 10.1. The van der Waals surface area contributed by atoms with Gasteiger partial charge < -0.3 is 9.47 Å². The van der Waals surface area contributed by atoms with Crippen LogP contribution in [0.25, 0.3) is 0 Å².